The van der Waals surface area contributed by atoms with Gasteiger partial charge in [0.05, 0.1) is 11.1 Å². The summed E-state index contributed by atoms with van der Waals surface area (Å²) in [5.41, 5.74) is 3.85. The Morgan fingerprint density at radius 2 is 1.85 bits per heavy atom. The maximum absolute atomic E-state index is 12.5. The Bertz CT molecular complexity index is 1270. The molecule has 0 amide bonds. The predicted octanol–water partition coefficient (Wildman–Crippen LogP) is 6.68. The Hall–Kier alpha value is -2.65. The molecule has 7 heteroatoms. The van der Waals surface area contributed by atoms with Gasteiger partial charge < -0.3 is 14.2 Å². The second-order valence-corrected chi connectivity index (χ2v) is 9.31. The molecule has 0 saturated carbocycles. The Morgan fingerprint density at radius 3 is 2.61 bits per heavy atom. The smallest absolute Gasteiger partial charge is 0.363 e. The molecule has 0 fully saturated rings. The molecule has 1 aliphatic rings. The third-order valence-electron chi connectivity index (χ3n) is 4.96. The normalized spacial score (nSPS) is 14.2. The molecular formula is C26H21BrINO4. The van der Waals surface area contributed by atoms with E-state index in [1.165, 1.54) is 0 Å². The van der Waals surface area contributed by atoms with Gasteiger partial charge in [-0.3, -0.25) is 0 Å². The molecule has 0 aliphatic carbocycles. The van der Waals surface area contributed by atoms with Crippen LogP contribution in [0.15, 0.2) is 75.8 Å². The van der Waals surface area contributed by atoms with Crippen LogP contribution in [0.1, 0.15) is 29.2 Å². The van der Waals surface area contributed by atoms with Crippen molar-refractivity contribution < 1.29 is 19.0 Å². The number of nitrogens with zero attached hydrogens (tertiary/aromatic N) is 1. The Labute approximate surface area is 214 Å². The van der Waals surface area contributed by atoms with E-state index in [0.717, 1.165) is 30.3 Å². The van der Waals surface area contributed by atoms with Crippen LogP contribution in [-0.2, 0) is 16.1 Å². The number of benzene rings is 3. The van der Waals surface area contributed by atoms with E-state index in [2.05, 4.69) is 43.5 Å². The van der Waals surface area contributed by atoms with Crippen molar-refractivity contribution in [3.63, 3.8) is 0 Å². The summed E-state index contributed by atoms with van der Waals surface area (Å²) in [6.07, 6.45) is 1.69. The zero-order chi connectivity index (χ0) is 23.4. The van der Waals surface area contributed by atoms with Crippen molar-refractivity contribution in [3.8, 4) is 11.5 Å². The van der Waals surface area contributed by atoms with E-state index in [4.69, 9.17) is 14.2 Å². The summed E-state index contributed by atoms with van der Waals surface area (Å²) >= 11 is 5.89. The van der Waals surface area contributed by atoms with Gasteiger partial charge in [0.2, 0.25) is 5.90 Å². The Balaban J connectivity index is 1.63. The van der Waals surface area contributed by atoms with Gasteiger partial charge in [-0.15, -0.1) is 0 Å². The minimum Gasteiger partial charge on any atom is -0.490 e. The molecule has 1 heterocycles. The standard InChI is InChI=1S/C26H21BrINO4/c1-3-31-23-14-17(12-20(27)24(23)32-15-18-9-5-7-11-21(18)28)13-22-26(30)33-25(29-22)19-10-6-4-8-16(19)2/h4-14H,3,15H2,1-2H3/b22-13-. The van der Waals surface area contributed by atoms with Crippen LogP contribution in [0.25, 0.3) is 6.08 Å². The number of ether oxygens (including phenoxy) is 3. The molecule has 1 aliphatic heterocycles. The van der Waals surface area contributed by atoms with Crippen molar-refractivity contribution >= 4 is 56.5 Å². The van der Waals surface area contributed by atoms with Gasteiger partial charge in [-0.25, -0.2) is 9.79 Å². The van der Waals surface area contributed by atoms with Crippen LogP contribution in [-0.4, -0.2) is 18.5 Å². The summed E-state index contributed by atoms with van der Waals surface area (Å²) in [6, 6.07) is 19.4. The first-order chi connectivity index (χ1) is 16.0. The fourth-order valence-electron chi connectivity index (χ4n) is 3.33. The van der Waals surface area contributed by atoms with Crippen molar-refractivity contribution in [2.24, 2.45) is 4.99 Å². The number of aryl methyl sites for hydroxylation is 1. The molecule has 0 N–H and O–H groups in total. The molecule has 0 saturated heterocycles. The van der Waals surface area contributed by atoms with Gasteiger partial charge in [0.1, 0.15) is 6.61 Å². The van der Waals surface area contributed by atoms with E-state index in [0.29, 0.717) is 30.6 Å². The third-order valence-corrected chi connectivity index (χ3v) is 6.60. The topological polar surface area (TPSA) is 57.1 Å². The van der Waals surface area contributed by atoms with E-state index in [1.807, 2.05) is 74.5 Å². The zero-order valence-corrected chi connectivity index (χ0v) is 21.8. The van der Waals surface area contributed by atoms with E-state index >= 15 is 0 Å². The van der Waals surface area contributed by atoms with Crippen LogP contribution < -0.4 is 9.47 Å². The van der Waals surface area contributed by atoms with Crippen LogP contribution in [0.2, 0.25) is 0 Å². The van der Waals surface area contributed by atoms with Gasteiger partial charge in [-0.05, 0) is 93.8 Å². The Kier molecular flexibility index (Phi) is 7.49. The van der Waals surface area contributed by atoms with E-state index in [-0.39, 0.29) is 5.70 Å². The molecule has 3 aromatic rings. The van der Waals surface area contributed by atoms with Crippen LogP contribution in [0, 0.1) is 10.5 Å². The van der Waals surface area contributed by atoms with Crippen molar-refractivity contribution in [1.82, 2.24) is 0 Å². The number of cyclic esters (lactones) is 1. The van der Waals surface area contributed by atoms with Crippen molar-refractivity contribution in [2.75, 3.05) is 6.61 Å². The average molecular weight is 618 g/mol. The van der Waals surface area contributed by atoms with E-state index < -0.39 is 5.97 Å². The van der Waals surface area contributed by atoms with Gasteiger partial charge in [-0.1, -0.05) is 36.4 Å². The lowest BCUT2D eigenvalue weighted by Gasteiger charge is -2.15. The predicted molar refractivity (Wildman–Crippen MR) is 141 cm³/mol. The Morgan fingerprint density at radius 1 is 1.09 bits per heavy atom. The van der Waals surface area contributed by atoms with Crippen molar-refractivity contribution in [3.05, 3.63) is 96.7 Å². The largest absolute Gasteiger partial charge is 0.490 e. The number of carbonyl (C=O) groups is 1. The lowest BCUT2D eigenvalue weighted by Crippen LogP contribution is -2.06. The molecule has 5 nitrogen and oxygen atoms in total. The molecule has 4 rings (SSSR count). The highest BCUT2D eigenvalue weighted by atomic mass is 127. The molecular weight excluding hydrogens is 597 g/mol. The first kappa shape index (κ1) is 23.5. The highest BCUT2D eigenvalue weighted by Crippen LogP contribution is 2.38. The van der Waals surface area contributed by atoms with Crippen LogP contribution in [0.3, 0.4) is 0 Å². The summed E-state index contributed by atoms with van der Waals surface area (Å²) in [5, 5.41) is 0. The number of halogens is 2. The number of hydrogen-bond acceptors (Lipinski definition) is 5. The minimum absolute atomic E-state index is 0.232. The summed E-state index contributed by atoms with van der Waals surface area (Å²) < 4.78 is 19.2. The van der Waals surface area contributed by atoms with Gasteiger partial charge in [0.25, 0.3) is 0 Å². The maximum atomic E-state index is 12.5. The van der Waals surface area contributed by atoms with Crippen LogP contribution in [0.5, 0.6) is 11.5 Å². The fraction of sp³-hybridized carbons (Fsp3) is 0.154. The lowest BCUT2D eigenvalue weighted by molar-refractivity contribution is -0.129. The fourth-order valence-corrected chi connectivity index (χ4v) is 4.45. The molecule has 0 aromatic heterocycles. The number of rotatable bonds is 7. The summed E-state index contributed by atoms with van der Waals surface area (Å²) in [7, 11) is 0. The molecule has 0 unspecified atom stereocenters. The summed E-state index contributed by atoms with van der Waals surface area (Å²) in [6.45, 7) is 4.75. The lowest BCUT2D eigenvalue weighted by atomic mass is 10.1. The quantitative estimate of drug-likeness (QED) is 0.169. The molecule has 3 aromatic carbocycles. The SMILES string of the molecule is CCOc1cc(/C=C2\N=C(c3ccccc3C)OC2=O)cc(Br)c1OCc1ccccc1I. The average Bonchev–Trinajstić information content (AvgIpc) is 3.14. The maximum Gasteiger partial charge on any atom is 0.363 e. The van der Waals surface area contributed by atoms with E-state index in [9.17, 15) is 4.79 Å². The first-order valence-electron chi connectivity index (χ1n) is 10.4. The van der Waals surface area contributed by atoms with Crippen molar-refractivity contribution in [2.45, 2.75) is 20.5 Å². The number of aliphatic imine (C=N–C) groups is 1. The van der Waals surface area contributed by atoms with E-state index in [1.54, 1.807) is 6.08 Å². The van der Waals surface area contributed by atoms with Crippen LogP contribution >= 0.6 is 38.5 Å². The number of hydrogen-bond donors (Lipinski definition) is 0. The highest BCUT2D eigenvalue weighted by molar-refractivity contribution is 14.1. The summed E-state index contributed by atoms with van der Waals surface area (Å²) in [5.74, 6) is 1.02. The molecule has 0 radical (unpaired) electrons. The van der Waals surface area contributed by atoms with Crippen molar-refractivity contribution in [1.29, 1.82) is 0 Å². The molecule has 33 heavy (non-hydrogen) atoms. The molecule has 168 valence electrons. The number of esters is 1. The highest BCUT2D eigenvalue weighted by Gasteiger charge is 2.25. The van der Waals surface area contributed by atoms with Gasteiger partial charge in [0.15, 0.2) is 17.2 Å². The van der Waals surface area contributed by atoms with Gasteiger partial charge in [0, 0.05) is 14.7 Å². The first-order valence-corrected chi connectivity index (χ1v) is 12.2. The monoisotopic (exact) mass is 617 g/mol. The second-order valence-electron chi connectivity index (χ2n) is 7.29. The second kappa shape index (κ2) is 10.5. The molecule has 0 atom stereocenters. The minimum atomic E-state index is -0.485. The molecule has 0 spiro atoms. The third kappa shape index (κ3) is 5.47. The van der Waals surface area contributed by atoms with Gasteiger partial charge in [-0.2, -0.15) is 0 Å². The number of carbonyl (C=O) groups excluding carboxylic acids is 1. The summed E-state index contributed by atoms with van der Waals surface area (Å²) in [4.78, 5) is 16.9. The zero-order valence-electron chi connectivity index (χ0n) is 18.1. The molecule has 0 bridgehead atoms. The van der Waals surface area contributed by atoms with Gasteiger partial charge >= 0.3 is 5.97 Å². The van der Waals surface area contributed by atoms with Crippen LogP contribution in [0.4, 0.5) is 0 Å².